The zero-order chi connectivity index (χ0) is 18.2. The van der Waals surface area contributed by atoms with Gasteiger partial charge in [-0.1, -0.05) is 38.7 Å². The van der Waals surface area contributed by atoms with E-state index in [4.69, 9.17) is 9.47 Å². The lowest BCUT2D eigenvalue weighted by molar-refractivity contribution is -0.0480. The van der Waals surface area contributed by atoms with Crippen molar-refractivity contribution in [1.82, 2.24) is 9.55 Å². The Morgan fingerprint density at radius 2 is 2.12 bits per heavy atom. The van der Waals surface area contributed by atoms with Gasteiger partial charge in [0.2, 0.25) is 0 Å². The molecule has 0 spiro atoms. The van der Waals surface area contributed by atoms with Gasteiger partial charge in [0.1, 0.15) is 6.23 Å². The van der Waals surface area contributed by atoms with Gasteiger partial charge in [0.25, 0.3) is 5.56 Å². The summed E-state index contributed by atoms with van der Waals surface area (Å²) in [4.78, 5) is 26.0. The Labute approximate surface area is 148 Å². The van der Waals surface area contributed by atoms with Crippen LogP contribution in [-0.4, -0.2) is 28.9 Å². The van der Waals surface area contributed by atoms with Crippen molar-refractivity contribution >= 4 is 0 Å². The lowest BCUT2D eigenvalue weighted by atomic mass is 10.0. The molecule has 0 aliphatic carbocycles. The molecule has 2 rings (SSSR count). The third-order valence-corrected chi connectivity index (χ3v) is 4.65. The second-order valence-electron chi connectivity index (χ2n) is 6.75. The fourth-order valence-corrected chi connectivity index (χ4v) is 3.16. The van der Waals surface area contributed by atoms with Crippen molar-refractivity contribution in [3.63, 3.8) is 0 Å². The lowest BCUT2D eigenvalue weighted by Gasteiger charge is -2.19. The van der Waals surface area contributed by atoms with Crippen molar-refractivity contribution in [2.75, 3.05) is 13.2 Å². The molecule has 2 heterocycles. The number of rotatable bonds is 10. The van der Waals surface area contributed by atoms with Crippen LogP contribution < -0.4 is 11.2 Å². The molecule has 6 heteroatoms. The summed E-state index contributed by atoms with van der Waals surface area (Å²) in [6, 6.07) is 0. The maximum atomic E-state index is 12.1. The van der Waals surface area contributed by atoms with E-state index in [2.05, 4.69) is 18.5 Å². The van der Waals surface area contributed by atoms with E-state index in [1.54, 1.807) is 13.1 Å². The zero-order valence-electron chi connectivity index (χ0n) is 15.3. The number of aromatic nitrogens is 2. The Balaban J connectivity index is 1.88. The third-order valence-electron chi connectivity index (χ3n) is 4.65. The van der Waals surface area contributed by atoms with Crippen molar-refractivity contribution in [3.8, 4) is 0 Å². The van der Waals surface area contributed by atoms with Crippen molar-refractivity contribution in [2.24, 2.45) is 5.92 Å². The molecule has 25 heavy (non-hydrogen) atoms. The van der Waals surface area contributed by atoms with Crippen LogP contribution in [0.4, 0.5) is 0 Å². The average Bonchev–Trinajstić information content (AvgIpc) is 3.00. The number of aromatic amines is 1. The highest BCUT2D eigenvalue weighted by Gasteiger charge is 2.35. The lowest BCUT2D eigenvalue weighted by Crippen LogP contribution is -2.35. The van der Waals surface area contributed by atoms with Crippen molar-refractivity contribution in [1.29, 1.82) is 0 Å². The number of unbranched alkanes of at least 4 members (excludes halogenated alkanes) is 4. The Morgan fingerprint density at radius 3 is 2.84 bits per heavy atom. The topological polar surface area (TPSA) is 73.3 Å². The Morgan fingerprint density at radius 1 is 1.36 bits per heavy atom. The quantitative estimate of drug-likeness (QED) is 0.520. The molecule has 1 unspecified atom stereocenters. The molecule has 140 valence electrons. The standard InChI is InChI=1S/C19H30N2O4/c1-4-6-7-8-9-10-24-13-16-11-15(5-2)18(25-16)21-12-14(3)17(22)20-19(21)23/h5,12,15-16,18H,2,4,6-11,13H2,1,3H3,(H,20,22,23)/t15?,16-,18+/m0/s1. The smallest absolute Gasteiger partial charge is 0.330 e. The fourth-order valence-electron chi connectivity index (χ4n) is 3.16. The van der Waals surface area contributed by atoms with E-state index in [0.717, 1.165) is 19.4 Å². The van der Waals surface area contributed by atoms with E-state index < -0.39 is 11.9 Å². The zero-order valence-corrected chi connectivity index (χ0v) is 15.3. The van der Waals surface area contributed by atoms with E-state index >= 15 is 0 Å². The monoisotopic (exact) mass is 350 g/mol. The molecule has 1 aromatic heterocycles. The predicted molar refractivity (Wildman–Crippen MR) is 97.9 cm³/mol. The molecule has 0 bridgehead atoms. The number of ether oxygens (including phenoxy) is 2. The first-order valence-corrected chi connectivity index (χ1v) is 9.24. The van der Waals surface area contributed by atoms with E-state index in [9.17, 15) is 9.59 Å². The van der Waals surface area contributed by atoms with Crippen LogP contribution in [0.2, 0.25) is 0 Å². The van der Waals surface area contributed by atoms with E-state index in [-0.39, 0.29) is 17.6 Å². The van der Waals surface area contributed by atoms with Crippen LogP contribution in [0.3, 0.4) is 0 Å². The molecule has 0 aromatic carbocycles. The molecule has 1 N–H and O–H groups in total. The fraction of sp³-hybridized carbons (Fsp3) is 0.684. The molecule has 0 saturated carbocycles. The number of nitrogens with zero attached hydrogens (tertiary/aromatic N) is 1. The Bertz CT molecular complexity index is 664. The molecular formula is C19H30N2O4. The van der Waals surface area contributed by atoms with Gasteiger partial charge in [-0.15, -0.1) is 6.58 Å². The molecule has 6 nitrogen and oxygen atoms in total. The van der Waals surface area contributed by atoms with Gasteiger partial charge in [-0.2, -0.15) is 0 Å². The Kier molecular flexibility index (Phi) is 7.65. The maximum absolute atomic E-state index is 12.1. The van der Waals surface area contributed by atoms with Crippen LogP contribution in [0.15, 0.2) is 28.4 Å². The molecule has 1 aromatic rings. The minimum atomic E-state index is -0.454. The molecular weight excluding hydrogens is 320 g/mol. The highest BCUT2D eigenvalue weighted by molar-refractivity contribution is 5.03. The third kappa shape index (κ3) is 5.41. The summed E-state index contributed by atoms with van der Waals surface area (Å²) in [5.74, 6) is 0.0150. The van der Waals surface area contributed by atoms with E-state index in [1.807, 2.05) is 6.08 Å². The first-order valence-electron chi connectivity index (χ1n) is 9.24. The van der Waals surface area contributed by atoms with E-state index in [1.165, 1.54) is 30.3 Å². The predicted octanol–water partition coefficient (Wildman–Crippen LogP) is 2.92. The Hall–Kier alpha value is -1.66. The molecule has 1 fully saturated rings. The number of hydrogen-bond acceptors (Lipinski definition) is 4. The highest BCUT2D eigenvalue weighted by atomic mass is 16.6. The molecule has 3 atom stereocenters. The largest absolute Gasteiger partial charge is 0.379 e. The second-order valence-corrected chi connectivity index (χ2v) is 6.75. The van der Waals surface area contributed by atoms with Gasteiger partial charge in [-0.25, -0.2) is 4.79 Å². The van der Waals surface area contributed by atoms with Gasteiger partial charge in [0.05, 0.1) is 12.7 Å². The summed E-state index contributed by atoms with van der Waals surface area (Å²) < 4.78 is 13.2. The summed E-state index contributed by atoms with van der Waals surface area (Å²) in [6.45, 7) is 8.99. The van der Waals surface area contributed by atoms with Gasteiger partial charge in [-0.05, 0) is 19.8 Å². The van der Waals surface area contributed by atoms with Gasteiger partial charge in [0, 0.05) is 24.3 Å². The summed E-state index contributed by atoms with van der Waals surface area (Å²) in [7, 11) is 0. The van der Waals surface area contributed by atoms with Gasteiger partial charge in [-0.3, -0.25) is 14.3 Å². The highest BCUT2D eigenvalue weighted by Crippen LogP contribution is 2.34. The van der Waals surface area contributed by atoms with Crippen LogP contribution in [0.5, 0.6) is 0 Å². The molecule has 0 radical (unpaired) electrons. The van der Waals surface area contributed by atoms with Crippen molar-refractivity contribution in [2.45, 2.75) is 64.7 Å². The van der Waals surface area contributed by atoms with Crippen molar-refractivity contribution < 1.29 is 9.47 Å². The summed E-state index contributed by atoms with van der Waals surface area (Å²) >= 11 is 0. The molecule has 0 amide bonds. The minimum Gasteiger partial charge on any atom is -0.379 e. The SMILES string of the molecule is C=CC1C[C@@H](COCCCCCCC)O[C@H]1n1cc(C)c(=O)[nH]c1=O. The second kappa shape index (κ2) is 9.73. The van der Waals surface area contributed by atoms with Crippen LogP contribution in [-0.2, 0) is 9.47 Å². The van der Waals surface area contributed by atoms with Crippen LogP contribution >= 0.6 is 0 Å². The molecule has 1 aliphatic heterocycles. The maximum Gasteiger partial charge on any atom is 0.330 e. The first kappa shape index (κ1) is 19.7. The van der Waals surface area contributed by atoms with Crippen LogP contribution in [0.25, 0.3) is 0 Å². The van der Waals surface area contributed by atoms with Gasteiger partial charge >= 0.3 is 5.69 Å². The van der Waals surface area contributed by atoms with Crippen LogP contribution in [0.1, 0.15) is 57.2 Å². The average molecular weight is 350 g/mol. The first-order chi connectivity index (χ1) is 12.1. The summed E-state index contributed by atoms with van der Waals surface area (Å²) in [5.41, 5.74) is -0.333. The molecule has 1 saturated heterocycles. The van der Waals surface area contributed by atoms with Crippen molar-refractivity contribution in [3.05, 3.63) is 45.3 Å². The van der Waals surface area contributed by atoms with Gasteiger partial charge < -0.3 is 9.47 Å². The molecule has 1 aliphatic rings. The summed E-state index contributed by atoms with van der Waals surface area (Å²) in [6.07, 6.45) is 9.65. The van der Waals surface area contributed by atoms with Gasteiger partial charge in [0.15, 0.2) is 0 Å². The minimum absolute atomic E-state index is 0.0150. The number of hydrogen-bond donors (Lipinski definition) is 1. The summed E-state index contributed by atoms with van der Waals surface area (Å²) in [5, 5.41) is 0. The number of aryl methyl sites for hydroxylation is 1. The normalized spacial score (nSPS) is 23.0. The number of nitrogens with one attached hydrogen (secondary N) is 1. The van der Waals surface area contributed by atoms with E-state index in [0.29, 0.717) is 12.2 Å². The number of H-pyrrole nitrogens is 1. The van der Waals surface area contributed by atoms with Crippen LogP contribution in [0, 0.1) is 12.8 Å².